The van der Waals surface area contributed by atoms with Gasteiger partial charge in [-0.1, -0.05) is 24.0 Å². The molecule has 0 aromatic heterocycles. The van der Waals surface area contributed by atoms with Crippen molar-refractivity contribution in [1.29, 1.82) is 10.5 Å². The van der Waals surface area contributed by atoms with Gasteiger partial charge >= 0.3 is 0 Å². The summed E-state index contributed by atoms with van der Waals surface area (Å²) in [6.07, 6.45) is 3.65. The van der Waals surface area contributed by atoms with Crippen LogP contribution in [0.25, 0.3) is 6.08 Å². The topological polar surface area (TPSA) is 47.6 Å². The van der Waals surface area contributed by atoms with Crippen LogP contribution in [0.2, 0.25) is 0 Å². The minimum Gasteiger partial charge on any atom is -0.192 e. The third kappa shape index (κ3) is 3.61. The molecule has 92 valence electrons. The molecule has 0 saturated heterocycles. The van der Waals surface area contributed by atoms with E-state index in [1.54, 1.807) is 30.3 Å². The predicted molar refractivity (Wildman–Crippen MR) is 78.2 cm³/mol. The Hall–Kier alpha value is -3.28. The average molecular weight is 254 g/mol. The average Bonchev–Trinajstić information content (AvgIpc) is 2.53. The van der Waals surface area contributed by atoms with E-state index in [1.165, 1.54) is 0 Å². The first-order valence-electron chi connectivity index (χ1n) is 6.00. The normalized spacial score (nSPS) is 9.30. The molecule has 0 unspecified atom stereocenters. The molecule has 0 atom stereocenters. The number of nitriles is 2. The highest BCUT2D eigenvalue weighted by Gasteiger charge is 1.89. The second-order valence-electron chi connectivity index (χ2n) is 4.03. The molecule has 2 aromatic carbocycles. The lowest BCUT2D eigenvalue weighted by atomic mass is 10.1. The highest BCUT2D eigenvalue weighted by Crippen LogP contribution is 2.05. The number of rotatable bonds is 1. The van der Waals surface area contributed by atoms with E-state index in [4.69, 9.17) is 10.5 Å². The SMILES string of the molecule is N#Cc1ccc(C#C/C=C\c2ccc(C#N)cc2)cc1. The Morgan fingerprint density at radius 3 is 1.75 bits per heavy atom. The second kappa shape index (κ2) is 6.60. The van der Waals surface area contributed by atoms with Gasteiger partial charge in [0.2, 0.25) is 0 Å². The maximum Gasteiger partial charge on any atom is 0.0991 e. The molecule has 0 heterocycles. The fourth-order valence-electron chi connectivity index (χ4n) is 1.56. The molecular formula is C18H10N2. The lowest BCUT2D eigenvalue weighted by molar-refractivity contribution is 1.48. The fraction of sp³-hybridized carbons (Fsp3) is 0. The Labute approximate surface area is 118 Å². The van der Waals surface area contributed by atoms with Crippen molar-refractivity contribution in [2.75, 3.05) is 0 Å². The van der Waals surface area contributed by atoms with E-state index in [0.717, 1.165) is 11.1 Å². The molecular weight excluding hydrogens is 244 g/mol. The van der Waals surface area contributed by atoms with Crippen LogP contribution in [-0.4, -0.2) is 0 Å². The second-order valence-corrected chi connectivity index (χ2v) is 4.03. The molecule has 0 amide bonds. The number of allylic oxidation sites excluding steroid dienone is 1. The van der Waals surface area contributed by atoms with E-state index in [9.17, 15) is 0 Å². The third-order valence-electron chi connectivity index (χ3n) is 2.63. The van der Waals surface area contributed by atoms with Gasteiger partial charge < -0.3 is 0 Å². The molecule has 0 aliphatic heterocycles. The minimum atomic E-state index is 0.628. The predicted octanol–water partition coefficient (Wildman–Crippen LogP) is 3.49. The van der Waals surface area contributed by atoms with Crippen molar-refractivity contribution in [3.8, 4) is 24.0 Å². The van der Waals surface area contributed by atoms with Crippen molar-refractivity contribution < 1.29 is 0 Å². The number of hydrogen-bond donors (Lipinski definition) is 0. The first-order chi connectivity index (χ1) is 9.81. The summed E-state index contributed by atoms with van der Waals surface area (Å²) in [5.74, 6) is 5.93. The molecule has 2 rings (SSSR count). The molecule has 0 N–H and O–H groups in total. The monoisotopic (exact) mass is 254 g/mol. The van der Waals surface area contributed by atoms with E-state index in [-0.39, 0.29) is 0 Å². The fourth-order valence-corrected chi connectivity index (χ4v) is 1.56. The van der Waals surface area contributed by atoms with Crippen LogP contribution in [0.15, 0.2) is 54.6 Å². The molecule has 0 radical (unpaired) electrons. The first-order valence-corrected chi connectivity index (χ1v) is 6.00. The van der Waals surface area contributed by atoms with Crippen LogP contribution in [0.4, 0.5) is 0 Å². The van der Waals surface area contributed by atoms with Gasteiger partial charge in [-0.2, -0.15) is 10.5 Å². The highest BCUT2D eigenvalue weighted by molar-refractivity contribution is 5.55. The van der Waals surface area contributed by atoms with Crippen LogP contribution in [0.5, 0.6) is 0 Å². The molecule has 0 spiro atoms. The summed E-state index contributed by atoms with van der Waals surface area (Å²) in [7, 11) is 0. The van der Waals surface area contributed by atoms with Crippen molar-refractivity contribution in [1.82, 2.24) is 0 Å². The molecule has 0 bridgehead atoms. The Balaban J connectivity index is 2.04. The quantitative estimate of drug-likeness (QED) is 0.731. The van der Waals surface area contributed by atoms with Gasteiger partial charge in [0.15, 0.2) is 0 Å². The zero-order valence-electron chi connectivity index (χ0n) is 10.7. The van der Waals surface area contributed by atoms with E-state index in [0.29, 0.717) is 11.1 Å². The van der Waals surface area contributed by atoms with E-state index < -0.39 is 0 Å². The summed E-state index contributed by atoms with van der Waals surface area (Å²) in [4.78, 5) is 0. The van der Waals surface area contributed by atoms with Gasteiger partial charge in [-0.05, 0) is 54.1 Å². The number of hydrogen-bond acceptors (Lipinski definition) is 2. The summed E-state index contributed by atoms with van der Waals surface area (Å²) in [6, 6.07) is 18.6. The molecule has 0 aliphatic rings. The van der Waals surface area contributed by atoms with Crippen molar-refractivity contribution in [2.45, 2.75) is 0 Å². The smallest absolute Gasteiger partial charge is 0.0991 e. The lowest BCUT2D eigenvalue weighted by Gasteiger charge is -1.91. The Bertz CT molecular complexity index is 756. The Morgan fingerprint density at radius 2 is 1.20 bits per heavy atom. The third-order valence-corrected chi connectivity index (χ3v) is 2.63. The van der Waals surface area contributed by atoms with Gasteiger partial charge in [0.05, 0.1) is 23.3 Å². The lowest BCUT2D eigenvalue weighted by Crippen LogP contribution is -1.76. The van der Waals surface area contributed by atoms with Gasteiger partial charge in [0.1, 0.15) is 0 Å². The van der Waals surface area contributed by atoms with E-state index >= 15 is 0 Å². The standard InChI is InChI=1S/C18H10N2/c19-13-17-9-5-15(6-10-17)3-1-2-4-16-7-11-18(14-20)12-8-16/h1,3,5-12H/b3-1-. The van der Waals surface area contributed by atoms with Gasteiger partial charge in [0.25, 0.3) is 0 Å². The van der Waals surface area contributed by atoms with Crippen LogP contribution in [0.1, 0.15) is 22.3 Å². The molecule has 2 nitrogen and oxygen atoms in total. The molecule has 0 saturated carbocycles. The Kier molecular flexibility index (Phi) is 4.34. The van der Waals surface area contributed by atoms with Crippen molar-refractivity contribution in [3.05, 3.63) is 76.9 Å². The molecule has 20 heavy (non-hydrogen) atoms. The highest BCUT2D eigenvalue weighted by atomic mass is 14.2. The van der Waals surface area contributed by atoms with Crippen LogP contribution in [0, 0.1) is 34.5 Å². The summed E-state index contributed by atoms with van der Waals surface area (Å²) < 4.78 is 0. The maximum atomic E-state index is 8.70. The molecule has 2 heteroatoms. The zero-order chi connectivity index (χ0) is 14.2. The van der Waals surface area contributed by atoms with Gasteiger partial charge in [0, 0.05) is 5.56 Å². The summed E-state index contributed by atoms with van der Waals surface area (Å²) >= 11 is 0. The molecule has 0 aliphatic carbocycles. The van der Waals surface area contributed by atoms with Crippen LogP contribution in [0.3, 0.4) is 0 Å². The number of benzene rings is 2. The summed E-state index contributed by atoms with van der Waals surface area (Å²) in [5, 5.41) is 17.4. The molecule has 0 fully saturated rings. The summed E-state index contributed by atoms with van der Waals surface area (Å²) in [5.41, 5.74) is 3.14. The van der Waals surface area contributed by atoms with Gasteiger partial charge in [-0.15, -0.1) is 0 Å². The van der Waals surface area contributed by atoms with Crippen molar-refractivity contribution in [2.24, 2.45) is 0 Å². The van der Waals surface area contributed by atoms with Gasteiger partial charge in [-0.3, -0.25) is 0 Å². The summed E-state index contributed by atoms with van der Waals surface area (Å²) in [6.45, 7) is 0. The molecule has 2 aromatic rings. The minimum absolute atomic E-state index is 0.628. The van der Waals surface area contributed by atoms with E-state index in [2.05, 4.69) is 24.0 Å². The first kappa shape index (κ1) is 13.2. The van der Waals surface area contributed by atoms with Crippen LogP contribution >= 0.6 is 0 Å². The van der Waals surface area contributed by atoms with Gasteiger partial charge in [-0.25, -0.2) is 0 Å². The maximum absolute atomic E-state index is 8.70. The van der Waals surface area contributed by atoms with E-state index in [1.807, 2.05) is 30.3 Å². The van der Waals surface area contributed by atoms with Crippen LogP contribution < -0.4 is 0 Å². The van der Waals surface area contributed by atoms with Crippen molar-refractivity contribution in [3.63, 3.8) is 0 Å². The zero-order valence-corrected chi connectivity index (χ0v) is 10.7. The number of nitrogens with zero attached hydrogens (tertiary/aromatic N) is 2. The Morgan fingerprint density at radius 1 is 0.700 bits per heavy atom. The largest absolute Gasteiger partial charge is 0.192 e. The van der Waals surface area contributed by atoms with Crippen LogP contribution in [-0.2, 0) is 0 Å². The van der Waals surface area contributed by atoms with Crippen molar-refractivity contribution >= 4 is 6.08 Å².